The Kier molecular flexibility index (Phi) is 28.8. The molecule has 0 bridgehead atoms. The van der Waals surface area contributed by atoms with Crippen LogP contribution in [0.5, 0.6) is 17.2 Å². The van der Waals surface area contributed by atoms with Crippen molar-refractivity contribution in [1.29, 1.82) is 0 Å². The van der Waals surface area contributed by atoms with Gasteiger partial charge in [0, 0.05) is 63.0 Å². The van der Waals surface area contributed by atoms with Gasteiger partial charge in [-0.15, -0.1) is 10.2 Å². The SMILES string of the molecule is CCC(C)(C)c1ccc(OCC(=O)Nc2cccc(C(=O)NC3=NN(c4c(Cl)cc(Cl)cc4Cl)C(=O)C3=Nc3ccc(N(C)CCO)cc3C)c2)c(C(C)(C)CC)c1.CCC(C)(C)c1ccc(OCC(=O)Nc2cccc(C(=O)NC3=NN(c4c(Cl)cc(Cl)cc4Cl)C(=O)C3N=Nc3ccc(OC)cc3)c2)c(C(C)(C)CC)c1. The van der Waals surface area contributed by atoms with Gasteiger partial charge in [0.1, 0.15) is 28.6 Å². The summed E-state index contributed by atoms with van der Waals surface area (Å²) in [5, 5.41) is 40.3. The number of carbonyl (C=O) groups excluding carboxylic acids is 6. The molecule has 0 aliphatic carbocycles. The Bertz CT molecular complexity index is 5020. The van der Waals surface area contributed by atoms with E-state index in [-0.39, 0.29) is 112 Å². The number of aliphatic hydroxyl groups is 1. The highest BCUT2D eigenvalue weighted by Crippen LogP contribution is 2.44. The zero-order valence-electron chi connectivity index (χ0n) is 65.6. The monoisotopic (exact) mass is 1650 g/mol. The number of methoxy groups -OCH3 is 1. The Morgan fingerprint density at radius 2 is 1.03 bits per heavy atom. The number of nitrogens with one attached hydrogen (secondary N) is 4. The van der Waals surface area contributed by atoms with Gasteiger partial charge in [-0.3, -0.25) is 28.8 Å². The number of azo groups is 1. The van der Waals surface area contributed by atoms with E-state index in [9.17, 15) is 33.9 Å². The molecule has 2 heterocycles. The van der Waals surface area contributed by atoms with Crippen LogP contribution in [0.4, 0.5) is 39.8 Å². The summed E-state index contributed by atoms with van der Waals surface area (Å²) in [6, 6.07) is 41.4. The van der Waals surface area contributed by atoms with Crippen molar-refractivity contribution in [2.45, 2.75) is 143 Å². The summed E-state index contributed by atoms with van der Waals surface area (Å²) in [7, 11) is 3.39. The number of aryl methyl sites for hydroxylation is 1. The van der Waals surface area contributed by atoms with E-state index in [1.165, 1.54) is 54.6 Å². The van der Waals surface area contributed by atoms with Crippen molar-refractivity contribution in [3.63, 3.8) is 0 Å². The lowest BCUT2D eigenvalue weighted by atomic mass is 9.76. The van der Waals surface area contributed by atoms with Crippen LogP contribution < -0.4 is 50.4 Å². The first-order valence-electron chi connectivity index (χ1n) is 36.6. The van der Waals surface area contributed by atoms with Crippen LogP contribution in [0.1, 0.15) is 157 Å². The van der Waals surface area contributed by atoms with E-state index < -0.39 is 41.5 Å². The second-order valence-electron chi connectivity index (χ2n) is 29.6. The van der Waals surface area contributed by atoms with Crippen LogP contribution in [0.25, 0.3) is 0 Å². The van der Waals surface area contributed by atoms with Gasteiger partial charge in [-0.1, -0.05) is 189 Å². The van der Waals surface area contributed by atoms with Crippen molar-refractivity contribution in [2.24, 2.45) is 25.4 Å². The lowest BCUT2D eigenvalue weighted by Gasteiger charge is -2.30. The molecule has 8 aromatic carbocycles. The van der Waals surface area contributed by atoms with Gasteiger partial charge in [-0.25, -0.2) is 4.99 Å². The topological polar surface area (TPSA) is 270 Å². The van der Waals surface area contributed by atoms with Crippen molar-refractivity contribution in [3.05, 3.63) is 221 Å². The van der Waals surface area contributed by atoms with Crippen molar-refractivity contribution in [1.82, 2.24) is 10.6 Å². The van der Waals surface area contributed by atoms with Crippen molar-refractivity contribution >= 4 is 162 Å². The minimum absolute atomic E-state index is 0.00846. The fourth-order valence-electron chi connectivity index (χ4n) is 11.7. The molecule has 22 nitrogen and oxygen atoms in total. The molecule has 6 amide bonds. The summed E-state index contributed by atoms with van der Waals surface area (Å²) in [6.45, 7) is 27.8. The molecule has 10 rings (SSSR count). The van der Waals surface area contributed by atoms with Crippen molar-refractivity contribution in [2.75, 3.05) is 66.1 Å². The molecule has 5 N–H and O–H groups in total. The second-order valence-corrected chi connectivity index (χ2v) is 32.1. The number of hydrazone groups is 2. The van der Waals surface area contributed by atoms with E-state index in [4.69, 9.17) is 83.8 Å². The summed E-state index contributed by atoms with van der Waals surface area (Å²) in [5.41, 5.74) is 7.55. The number of ether oxygens (including phenoxy) is 3. The molecule has 2 aliphatic heterocycles. The average molecular weight is 1650 g/mol. The fourth-order valence-corrected chi connectivity index (χ4v) is 13.7. The van der Waals surface area contributed by atoms with Gasteiger partial charge in [0.25, 0.3) is 29.5 Å². The minimum Gasteiger partial charge on any atom is -0.497 e. The first-order valence-corrected chi connectivity index (χ1v) is 38.9. The van der Waals surface area contributed by atoms with E-state index >= 15 is 0 Å². The highest BCUT2D eigenvalue weighted by Gasteiger charge is 2.41. The molecule has 0 saturated carbocycles. The lowest BCUT2D eigenvalue weighted by molar-refractivity contribution is -0.118. The van der Waals surface area contributed by atoms with Crippen LogP contribution in [-0.2, 0) is 40.8 Å². The Morgan fingerprint density at radius 3 is 1.48 bits per heavy atom. The first-order chi connectivity index (χ1) is 53.4. The zero-order chi connectivity index (χ0) is 82.6. The summed E-state index contributed by atoms with van der Waals surface area (Å²) < 4.78 is 17.4. The maximum Gasteiger partial charge on any atom is 0.301 e. The molecule has 2 aliphatic rings. The Hall–Kier alpha value is -9.91. The number of rotatable bonds is 27. The summed E-state index contributed by atoms with van der Waals surface area (Å²) >= 11 is 38.1. The van der Waals surface area contributed by atoms with Crippen LogP contribution in [0.2, 0.25) is 30.1 Å². The average Bonchev–Trinajstić information content (AvgIpc) is 1.65. The third-order valence-electron chi connectivity index (χ3n) is 20.3. The van der Waals surface area contributed by atoms with Gasteiger partial charge in [-0.2, -0.15) is 20.2 Å². The number of likely N-dealkylation sites (N-methyl/N-ethyl adjacent to an activating group) is 1. The number of nitrogens with zero attached hydrogens (tertiary/aromatic N) is 8. The summed E-state index contributed by atoms with van der Waals surface area (Å²) in [4.78, 5) is 88.0. The Balaban J connectivity index is 0.000000259. The molecule has 0 spiro atoms. The van der Waals surface area contributed by atoms with Gasteiger partial charge >= 0.3 is 5.91 Å². The van der Waals surface area contributed by atoms with Crippen LogP contribution >= 0.6 is 69.6 Å². The first kappa shape index (κ1) is 87.1. The second kappa shape index (κ2) is 37.4. The van der Waals surface area contributed by atoms with E-state index in [0.717, 1.165) is 58.1 Å². The van der Waals surface area contributed by atoms with Gasteiger partial charge in [0.05, 0.1) is 45.2 Å². The number of aliphatic imine (C=N–C) groups is 1. The normalized spacial score (nSPS) is 14.2. The van der Waals surface area contributed by atoms with Gasteiger partial charge < -0.3 is 45.5 Å². The maximum atomic E-state index is 14.0. The summed E-state index contributed by atoms with van der Waals surface area (Å²) in [6.07, 6.45) is 3.72. The third kappa shape index (κ3) is 21.3. The number of carbonyl (C=O) groups is 6. The smallest absolute Gasteiger partial charge is 0.301 e. The third-order valence-corrected chi connectivity index (χ3v) is 21.9. The summed E-state index contributed by atoms with van der Waals surface area (Å²) in [5.74, 6) is -1.82. The predicted molar refractivity (Wildman–Crippen MR) is 455 cm³/mol. The van der Waals surface area contributed by atoms with Crippen molar-refractivity contribution in [3.8, 4) is 17.2 Å². The number of anilines is 5. The van der Waals surface area contributed by atoms with Gasteiger partial charge in [-0.05, 0) is 186 Å². The predicted octanol–water partition coefficient (Wildman–Crippen LogP) is 19.9. The molecule has 0 radical (unpaired) electrons. The van der Waals surface area contributed by atoms with E-state index in [0.29, 0.717) is 46.5 Å². The van der Waals surface area contributed by atoms with E-state index in [1.807, 2.05) is 37.1 Å². The standard InChI is InChI=1S/C44H49Cl3N6O5.C41H43Cl3N6O5/c1-9-43(4,5)28-14-17-36(32(22-28)44(6,7)10-2)58-25-37(55)48-30-13-11-12-27(21-30)41(56)50-40-38(49-35-16-15-31(20-26(35)3)52(8)18-19-54)42(57)53(51-40)39-33(46)23-29(45)24-34(39)47;1-8-40(3,4)25-13-18-33(30(20-25)41(5,6)9-2)55-23-34(51)45-28-12-10-11-24(19-28)38(52)46-37-35(48-47-27-14-16-29(54-7)17-15-27)39(53)50(49-37)36-31(43)21-26(42)22-32(36)44/h11-17,20-24,54H,9-10,18-19,25H2,1-8H3,(H,48,55)(H,50,51,56);10-22,35H,8-9,23H2,1-7H3,(H,45,51)(H,46,49,52). The lowest BCUT2D eigenvalue weighted by Crippen LogP contribution is -2.39. The largest absolute Gasteiger partial charge is 0.497 e. The van der Waals surface area contributed by atoms with E-state index in [2.05, 4.69) is 154 Å². The number of amides is 6. The fraction of sp³-hybridized carbons (Fsp3) is 0.329. The highest BCUT2D eigenvalue weighted by atomic mass is 35.5. The van der Waals surface area contributed by atoms with Crippen LogP contribution in [0.3, 0.4) is 0 Å². The highest BCUT2D eigenvalue weighted by molar-refractivity contribution is 6.72. The maximum absolute atomic E-state index is 14.0. The number of amidine groups is 2. The van der Waals surface area contributed by atoms with Gasteiger partial charge in [0.2, 0.25) is 6.04 Å². The molecule has 0 fully saturated rings. The molecular weight excluding hydrogens is 1560 g/mol. The number of hydrogen-bond donors (Lipinski definition) is 5. The van der Waals surface area contributed by atoms with Crippen LogP contribution in [0, 0.1) is 6.92 Å². The molecule has 113 heavy (non-hydrogen) atoms. The minimum atomic E-state index is -1.36. The number of halogens is 6. The number of hydrogen-bond acceptors (Lipinski definition) is 16. The van der Waals surface area contributed by atoms with E-state index in [1.54, 1.807) is 72.8 Å². The molecule has 594 valence electrons. The molecule has 8 aromatic rings. The number of benzene rings is 8. The Morgan fingerprint density at radius 1 is 0.558 bits per heavy atom. The van der Waals surface area contributed by atoms with Gasteiger partial charge in [0.15, 0.2) is 30.6 Å². The molecule has 0 aromatic heterocycles. The molecule has 1 atom stereocenters. The van der Waals surface area contributed by atoms with Crippen LogP contribution in [-0.4, -0.2) is 104 Å². The zero-order valence-corrected chi connectivity index (χ0v) is 70.2. The molecule has 0 saturated heterocycles. The van der Waals surface area contributed by atoms with Crippen molar-refractivity contribution < 1.29 is 48.1 Å². The molecular formula is C85H92Cl6N12O10. The quantitative estimate of drug-likeness (QED) is 0.0302. The Labute approximate surface area is 689 Å². The molecule has 1 unspecified atom stereocenters. The molecule has 28 heteroatoms. The van der Waals surface area contributed by atoms with Crippen LogP contribution in [0.15, 0.2) is 177 Å². The number of aliphatic hydroxyl groups excluding tert-OH is 1.